The summed E-state index contributed by atoms with van der Waals surface area (Å²) in [4.78, 5) is 0.964. The average molecular weight is 400 g/mol. The van der Waals surface area contributed by atoms with Crippen molar-refractivity contribution in [1.82, 2.24) is 25.0 Å². The van der Waals surface area contributed by atoms with Crippen LogP contribution in [0.1, 0.15) is 18.1 Å². The fourth-order valence-corrected chi connectivity index (χ4v) is 4.01. The maximum Gasteiger partial charge on any atom is 0.257 e. The van der Waals surface area contributed by atoms with Gasteiger partial charge in [0.05, 0.1) is 17.2 Å². The van der Waals surface area contributed by atoms with Gasteiger partial charge in [-0.1, -0.05) is 17.8 Å². The summed E-state index contributed by atoms with van der Waals surface area (Å²) in [6.45, 7) is 2.01. The van der Waals surface area contributed by atoms with Gasteiger partial charge >= 0.3 is 0 Å². The first kappa shape index (κ1) is 17.7. The zero-order chi connectivity index (χ0) is 18.8. The Morgan fingerprint density at radius 3 is 2.63 bits per heavy atom. The SMILES string of the molecule is COc1ccc(-c2nnc(S[C@H](C)c3nnc(-c4cccs4)o3)n2C)cc1. The van der Waals surface area contributed by atoms with Gasteiger partial charge in [-0.25, -0.2) is 0 Å². The largest absolute Gasteiger partial charge is 0.497 e. The van der Waals surface area contributed by atoms with E-state index in [-0.39, 0.29) is 5.25 Å². The summed E-state index contributed by atoms with van der Waals surface area (Å²) in [7, 11) is 3.59. The van der Waals surface area contributed by atoms with Crippen molar-refractivity contribution in [2.75, 3.05) is 7.11 Å². The fraction of sp³-hybridized carbons (Fsp3) is 0.222. The van der Waals surface area contributed by atoms with Crippen LogP contribution in [0.15, 0.2) is 51.4 Å². The van der Waals surface area contributed by atoms with Crippen molar-refractivity contribution in [3.8, 4) is 27.9 Å². The molecule has 4 rings (SSSR count). The second-order valence-electron chi connectivity index (χ2n) is 5.78. The van der Waals surface area contributed by atoms with Crippen LogP contribution < -0.4 is 4.74 Å². The average Bonchev–Trinajstić information content (AvgIpc) is 3.43. The molecule has 0 spiro atoms. The quantitative estimate of drug-likeness (QED) is 0.443. The number of aromatic nitrogens is 5. The van der Waals surface area contributed by atoms with Crippen LogP contribution in [0.2, 0.25) is 0 Å². The van der Waals surface area contributed by atoms with E-state index in [1.54, 1.807) is 18.4 Å². The van der Waals surface area contributed by atoms with E-state index in [0.29, 0.717) is 11.8 Å². The number of thioether (sulfide) groups is 1. The molecule has 0 aliphatic heterocycles. The lowest BCUT2D eigenvalue weighted by Crippen LogP contribution is -1.97. The van der Waals surface area contributed by atoms with Gasteiger partial charge in [0.25, 0.3) is 5.89 Å². The van der Waals surface area contributed by atoms with Crippen molar-refractivity contribution in [1.29, 1.82) is 0 Å². The van der Waals surface area contributed by atoms with Crippen LogP contribution in [-0.2, 0) is 7.05 Å². The Bertz CT molecular complexity index is 1020. The number of thiophene rings is 1. The van der Waals surface area contributed by atoms with Gasteiger partial charge in [0.15, 0.2) is 11.0 Å². The molecule has 0 radical (unpaired) electrons. The summed E-state index contributed by atoms with van der Waals surface area (Å²) < 4.78 is 13.0. The van der Waals surface area contributed by atoms with Crippen molar-refractivity contribution in [2.24, 2.45) is 7.05 Å². The standard InChI is InChI=1S/C18H17N5O2S2/c1-11(16-20-21-17(25-16)14-5-4-10-26-14)27-18-22-19-15(23(18)2)12-6-8-13(24-3)9-7-12/h4-11H,1-3H3/t11-/m1/s1. The van der Waals surface area contributed by atoms with Gasteiger partial charge in [0.2, 0.25) is 5.89 Å². The zero-order valence-electron chi connectivity index (χ0n) is 15.0. The predicted octanol–water partition coefficient (Wildman–Crippen LogP) is 4.46. The third-order valence-corrected chi connectivity index (χ3v) is 5.97. The van der Waals surface area contributed by atoms with Crippen LogP contribution in [0.3, 0.4) is 0 Å². The second kappa shape index (κ2) is 7.53. The molecule has 4 aromatic rings. The number of ether oxygens (including phenoxy) is 1. The molecule has 138 valence electrons. The Kier molecular flexibility index (Phi) is 4.95. The molecule has 1 aromatic carbocycles. The number of nitrogens with zero attached hydrogens (tertiary/aromatic N) is 5. The topological polar surface area (TPSA) is 78.9 Å². The van der Waals surface area contributed by atoms with Crippen molar-refractivity contribution >= 4 is 23.1 Å². The number of methoxy groups -OCH3 is 1. The monoisotopic (exact) mass is 399 g/mol. The fourth-order valence-electron chi connectivity index (χ4n) is 2.52. The molecule has 0 unspecified atom stereocenters. The van der Waals surface area contributed by atoms with Gasteiger partial charge < -0.3 is 13.7 Å². The third kappa shape index (κ3) is 3.60. The molecule has 1 atom stereocenters. The van der Waals surface area contributed by atoms with E-state index >= 15 is 0 Å². The highest BCUT2D eigenvalue weighted by atomic mass is 32.2. The smallest absolute Gasteiger partial charge is 0.257 e. The Labute approximate surface area is 164 Å². The Morgan fingerprint density at radius 2 is 1.93 bits per heavy atom. The second-order valence-corrected chi connectivity index (χ2v) is 8.03. The molecule has 27 heavy (non-hydrogen) atoms. The van der Waals surface area contributed by atoms with Crippen LogP contribution in [-0.4, -0.2) is 32.1 Å². The zero-order valence-corrected chi connectivity index (χ0v) is 16.6. The molecule has 3 aromatic heterocycles. The summed E-state index contributed by atoms with van der Waals surface area (Å²) in [5, 5.41) is 19.7. The molecule has 0 saturated heterocycles. The molecule has 3 heterocycles. The summed E-state index contributed by atoms with van der Waals surface area (Å²) >= 11 is 3.10. The Hall–Kier alpha value is -2.65. The molecule has 9 heteroatoms. The van der Waals surface area contributed by atoms with Gasteiger partial charge in [-0.2, -0.15) is 0 Å². The van der Waals surface area contributed by atoms with Crippen LogP contribution >= 0.6 is 23.1 Å². The molecule has 0 aliphatic rings. The predicted molar refractivity (Wildman–Crippen MR) is 105 cm³/mol. The lowest BCUT2D eigenvalue weighted by molar-refractivity contribution is 0.415. The van der Waals surface area contributed by atoms with Crippen molar-refractivity contribution in [3.63, 3.8) is 0 Å². The highest BCUT2D eigenvalue weighted by molar-refractivity contribution is 7.99. The van der Waals surface area contributed by atoms with Gasteiger partial charge in [0, 0.05) is 12.6 Å². The number of rotatable bonds is 6. The summed E-state index contributed by atoms with van der Waals surface area (Å²) in [5.41, 5.74) is 0.975. The van der Waals surface area contributed by atoms with Gasteiger partial charge in [-0.15, -0.1) is 31.7 Å². The molecule has 0 N–H and O–H groups in total. The maximum atomic E-state index is 5.81. The minimum Gasteiger partial charge on any atom is -0.497 e. The molecular weight excluding hydrogens is 382 g/mol. The first-order chi connectivity index (χ1) is 13.2. The van der Waals surface area contributed by atoms with Gasteiger partial charge in [-0.05, 0) is 42.6 Å². The molecule has 0 aliphatic carbocycles. The van der Waals surface area contributed by atoms with Crippen LogP contribution in [0.5, 0.6) is 5.75 Å². The van der Waals surface area contributed by atoms with E-state index in [2.05, 4.69) is 20.4 Å². The van der Waals surface area contributed by atoms with E-state index in [9.17, 15) is 0 Å². The Balaban J connectivity index is 1.52. The van der Waals surface area contributed by atoms with E-state index in [0.717, 1.165) is 27.2 Å². The van der Waals surface area contributed by atoms with Crippen LogP contribution in [0.4, 0.5) is 0 Å². The number of hydrogen-bond acceptors (Lipinski definition) is 8. The molecule has 7 nitrogen and oxygen atoms in total. The van der Waals surface area contributed by atoms with E-state index < -0.39 is 0 Å². The van der Waals surface area contributed by atoms with Crippen molar-refractivity contribution in [2.45, 2.75) is 17.3 Å². The molecular formula is C18H17N5O2S2. The normalized spacial score (nSPS) is 12.3. The number of hydrogen-bond donors (Lipinski definition) is 0. The number of benzene rings is 1. The molecule has 0 saturated carbocycles. The van der Waals surface area contributed by atoms with E-state index in [4.69, 9.17) is 9.15 Å². The first-order valence-electron chi connectivity index (χ1n) is 8.23. The summed E-state index contributed by atoms with van der Waals surface area (Å²) in [6, 6.07) is 11.7. The highest BCUT2D eigenvalue weighted by Crippen LogP contribution is 2.35. The first-order valence-corrected chi connectivity index (χ1v) is 9.99. The summed E-state index contributed by atoms with van der Waals surface area (Å²) in [6.07, 6.45) is 0. The van der Waals surface area contributed by atoms with Crippen molar-refractivity contribution < 1.29 is 9.15 Å². The molecule has 0 amide bonds. The van der Waals surface area contributed by atoms with Crippen LogP contribution in [0, 0.1) is 0 Å². The minimum atomic E-state index is -0.0437. The maximum absolute atomic E-state index is 5.81. The minimum absolute atomic E-state index is 0.0437. The molecule has 0 fully saturated rings. The van der Waals surface area contributed by atoms with Gasteiger partial charge in [0.1, 0.15) is 5.75 Å². The van der Waals surface area contributed by atoms with E-state index in [1.165, 1.54) is 11.8 Å². The lowest BCUT2D eigenvalue weighted by atomic mass is 10.2. The molecule has 0 bridgehead atoms. The van der Waals surface area contributed by atoms with Gasteiger partial charge in [-0.3, -0.25) is 0 Å². The Morgan fingerprint density at radius 1 is 1.11 bits per heavy atom. The summed E-state index contributed by atoms with van der Waals surface area (Å²) in [5.74, 6) is 2.71. The lowest BCUT2D eigenvalue weighted by Gasteiger charge is -2.07. The van der Waals surface area contributed by atoms with Crippen LogP contribution in [0.25, 0.3) is 22.2 Å². The van der Waals surface area contributed by atoms with E-state index in [1.807, 2.05) is 60.3 Å². The highest BCUT2D eigenvalue weighted by Gasteiger charge is 2.20. The third-order valence-electron chi connectivity index (χ3n) is 3.99. The van der Waals surface area contributed by atoms with Crippen molar-refractivity contribution in [3.05, 3.63) is 47.7 Å².